The molecule has 14 aromatic carbocycles. The summed E-state index contributed by atoms with van der Waals surface area (Å²) < 4.78 is 7.60. The average Bonchev–Trinajstić information content (AvgIpc) is 1.50. The lowest BCUT2D eigenvalue weighted by Gasteiger charge is -2.34. The molecule has 0 N–H and O–H groups in total. The van der Waals surface area contributed by atoms with E-state index in [0.717, 1.165) is 79.9 Å². The summed E-state index contributed by atoms with van der Waals surface area (Å²) in [4.78, 5) is 5.03. The molecule has 2 aliphatic carbocycles. The molecule has 86 heavy (non-hydrogen) atoms. The van der Waals surface area contributed by atoms with Gasteiger partial charge in [-0.2, -0.15) is 0 Å². The highest BCUT2D eigenvalue weighted by molar-refractivity contribution is 6.23. The van der Waals surface area contributed by atoms with Crippen molar-refractivity contribution in [2.75, 3.05) is 9.80 Å². The second-order valence-corrected chi connectivity index (χ2v) is 23.2. The number of anilines is 6. The standard InChI is InChI=1S/C83H58N2O/c1-3-53-37-41-59(42-38-53)84(61-45-47-65-57(49-61)25-19-32-63(65)55-21-7-5-8-22-55)76-51-74-79(70-30-12-11-29-69(70)76)81-75(83(74)72-34-16-13-27-67(72)68-28-14-17-35-73(68)83)52-77(80-71-31-15-18-36-78(71)86-82(80)81)85(60-43-39-54(4-2)40-44-60)62-46-48-66-58(50-62)26-20-33-64(66)56-23-9-6-10-24-56/h5-52H,3-4H2,1-2H3. The van der Waals surface area contributed by atoms with E-state index in [1.807, 2.05) is 0 Å². The SMILES string of the molecule is CCc1ccc(N(c2ccc3c(-c4ccccc4)cccc3c2)c2cc3c(c4ccccc24)-c2c(cc(N(c4ccc(CC)cc4)c4ccc5c(-c6ccccc6)cccc5c4)c4c2oc2ccccc24)C32c3ccccc3-c3ccccc32)cc1. The van der Waals surface area contributed by atoms with Gasteiger partial charge in [0.15, 0.2) is 0 Å². The number of benzene rings is 14. The Balaban J connectivity index is 0.990. The van der Waals surface area contributed by atoms with Crippen LogP contribution in [0.5, 0.6) is 0 Å². The minimum Gasteiger partial charge on any atom is -0.455 e. The summed E-state index contributed by atoms with van der Waals surface area (Å²) in [5.74, 6) is 0. The number of furan rings is 1. The maximum Gasteiger partial charge on any atom is 0.145 e. The van der Waals surface area contributed by atoms with Gasteiger partial charge in [-0.25, -0.2) is 0 Å². The fourth-order valence-corrected chi connectivity index (χ4v) is 14.8. The van der Waals surface area contributed by atoms with E-state index in [2.05, 4.69) is 315 Å². The van der Waals surface area contributed by atoms with E-state index in [4.69, 9.17) is 4.42 Å². The first kappa shape index (κ1) is 49.8. The molecule has 0 atom stereocenters. The fourth-order valence-electron chi connectivity index (χ4n) is 14.8. The Kier molecular flexibility index (Phi) is 11.4. The van der Waals surface area contributed by atoms with Gasteiger partial charge in [0.05, 0.1) is 22.2 Å². The summed E-state index contributed by atoms with van der Waals surface area (Å²) in [6.07, 6.45) is 1.90. The van der Waals surface area contributed by atoms with Crippen LogP contribution < -0.4 is 9.80 Å². The summed E-state index contributed by atoms with van der Waals surface area (Å²) in [5.41, 5.74) is 24.7. The van der Waals surface area contributed by atoms with E-state index in [9.17, 15) is 0 Å². The van der Waals surface area contributed by atoms with Crippen LogP contribution in [0.4, 0.5) is 34.1 Å². The monoisotopic (exact) mass is 1100 g/mol. The molecule has 17 rings (SSSR count). The maximum atomic E-state index is 7.60. The first-order valence-corrected chi connectivity index (χ1v) is 30.3. The van der Waals surface area contributed by atoms with Crippen LogP contribution in [-0.4, -0.2) is 0 Å². The minimum absolute atomic E-state index is 0.782. The first-order valence-electron chi connectivity index (χ1n) is 30.3. The highest BCUT2D eigenvalue weighted by atomic mass is 16.3. The predicted molar refractivity (Wildman–Crippen MR) is 362 cm³/mol. The molecule has 1 aromatic heterocycles. The Labute approximate surface area is 500 Å². The van der Waals surface area contributed by atoms with Crippen molar-refractivity contribution in [1.82, 2.24) is 0 Å². The number of nitrogens with zero attached hydrogens (tertiary/aromatic N) is 2. The Morgan fingerprint density at radius 1 is 0.314 bits per heavy atom. The molecule has 0 fully saturated rings. The van der Waals surface area contributed by atoms with Gasteiger partial charge in [-0.3, -0.25) is 0 Å². The van der Waals surface area contributed by atoms with Gasteiger partial charge in [-0.05, 0) is 179 Å². The third-order valence-corrected chi connectivity index (χ3v) is 18.8. The zero-order valence-electron chi connectivity index (χ0n) is 47.9. The Morgan fingerprint density at radius 3 is 1.31 bits per heavy atom. The lowest BCUT2D eigenvalue weighted by molar-refractivity contribution is 0.669. The van der Waals surface area contributed by atoms with Gasteiger partial charge in [0, 0.05) is 39.1 Å². The highest BCUT2D eigenvalue weighted by Gasteiger charge is 2.54. The van der Waals surface area contributed by atoms with Crippen LogP contribution in [0.1, 0.15) is 47.2 Å². The van der Waals surface area contributed by atoms with Crippen molar-refractivity contribution in [2.24, 2.45) is 0 Å². The topological polar surface area (TPSA) is 19.6 Å². The van der Waals surface area contributed by atoms with Crippen LogP contribution in [0.15, 0.2) is 296 Å². The zero-order valence-corrected chi connectivity index (χ0v) is 47.9. The molecule has 15 aromatic rings. The molecular weight excluding hydrogens is 1040 g/mol. The summed E-state index contributed by atoms with van der Waals surface area (Å²) in [7, 11) is 0. The van der Waals surface area contributed by atoms with E-state index < -0.39 is 5.41 Å². The van der Waals surface area contributed by atoms with Crippen molar-refractivity contribution in [3.63, 3.8) is 0 Å². The highest BCUT2D eigenvalue weighted by Crippen LogP contribution is 2.67. The van der Waals surface area contributed by atoms with Crippen LogP contribution in [0, 0.1) is 0 Å². The molecule has 0 amide bonds. The second-order valence-electron chi connectivity index (χ2n) is 23.2. The van der Waals surface area contributed by atoms with Gasteiger partial charge < -0.3 is 14.2 Å². The quantitative estimate of drug-likeness (QED) is 0.136. The summed E-state index contributed by atoms with van der Waals surface area (Å²) >= 11 is 0. The molecule has 0 radical (unpaired) electrons. The fraction of sp³-hybridized carbons (Fsp3) is 0.0602. The Morgan fingerprint density at radius 2 is 0.756 bits per heavy atom. The largest absolute Gasteiger partial charge is 0.455 e. The maximum absolute atomic E-state index is 7.60. The Hall–Kier alpha value is -10.7. The lowest BCUT2D eigenvalue weighted by Crippen LogP contribution is -2.26. The third-order valence-electron chi connectivity index (χ3n) is 18.8. The molecule has 2 aliphatic rings. The summed E-state index contributed by atoms with van der Waals surface area (Å²) in [5, 5.41) is 9.27. The molecule has 0 saturated heterocycles. The molecule has 0 saturated carbocycles. The molecule has 0 aliphatic heterocycles. The van der Waals surface area contributed by atoms with Crippen molar-refractivity contribution >= 4 is 88.4 Å². The van der Waals surface area contributed by atoms with Crippen LogP contribution in [0.3, 0.4) is 0 Å². The smallest absolute Gasteiger partial charge is 0.145 e. The minimum atomic E-state index is -0.782. The van der Waals surface area contributed by atoms with Gasteiger partial charge in [-0.1, -0.05) is 238 Å². The molecule has 3 nitrogen and oxygen atoms in total. The molecule has 0 unspecified atom stereocenters. The van der Waals surface area contributed by atoms with Crippen LogP contribution in [0.25, 0.3) is 98.8 Å². The van der Waals surface area contributed by atoms with Crippen molar-refractivity contribution in [2.45, 2.75) is 32.1 Å². The summed E-state index contributed by atoms with van der Waals surface area (Å²) in [6.45, 7) is 4.47. The molecule has 1 heterocycles. The molecule has 3 heteroatoms. The van der Waals surface area contributed by atoms with E-state index >= 15 is 0 Å². The number of hydrogen-bond acceptors (Lipinski definition) is 3. The van der Waals surface area contributed by atoms with Crippen molar-refractivity contribution < 1.29 is 4.42 Å². The van der Waals surface area contributed by atoms with Gasteiger partial charge in [0.2, 0.25) is 0 Å². The van der Waals surface area contributed by atoms with Crippen molar-refractivity contribution in [3.05, 3.63) is 325 Å². The average molecular weight is 1100 g/mol. The normalized spacial score (nSPS) is 12.7. The first-order chi connectivity index (χ1) is 42.6. The van der Waals surface area contributed by atoms with E-state index in [1.165, 1.54) is 99.3 Å². The van der Waals surface area contributed by atoms with Crippen LogP contribution >= 0.6 is 0 Å². The van der Waals surface area contributed by atoms with Crippen LogP contribution in [0.2, 0.25) is 0 Å². The van der Waals surface area contributed by atoms with Crippen molar-refractivity contribution in [1.29, 1.82) is 0 Å². The van der Waals surface area contributed by atoms with Gasteiger partial charge in [-0.15, -0.1) is 0 Å². The molecular formula is C83H58N2O. The molecule has 1 spiro atoms. The Bertz CT molecular complexity index is 5150. The lowest BCUT2D eigenvalue weighted by atomic mass is 9.70. The number of rotatable bonds is 10. The van der Waals surface area contributed by atoms with Gasteiger partial charge in [0.1, 0.15) is 11.2 Å². The summed E-state index contributed by atoms with van der Waals surface area (Å²) in [6, 6.07) is 109. The number of aryl methyl sites for hydroxylation is 2. The van der Waals surface area contributed by atoms with Gasteiger partial charge in [0.25, 0.3) is 0 Å². The number of hydrogen-bond donors (Lipinski definition) is 0. The second kappa shape index (κ2) is 19.7. The molecule has 406 valence electrons. The number of fused-ring (bicyclic) bond motifs is 18. The van der Waals surface area contributed by atoms with E-state index in [0.29, 0.717) is 0 Å². The number of para-hydroxylation sites is 1. The van der Waals surface area contributed by atoms with Gasteiger partial charge >= 0.3 is 0 Å². The third kappa shape index (κ3) is 7.41. The predicted octanol–water partition coefficient (Wildman–Crippen LogP) is 22.8. The van der Waals surface area contributed by atoms with E-state index in [1.54, 1.807) is 0 Å². The van der Waals surface area contributed by atoms with Crippen molar-refractivity contribution in [3.8, 4) is 44.5 Å². The zero-order chi connectivity index (χ0) is 57.0. The van der Waals surface area contributed by atoms with Crippen LogP contribution in [-0.2, 0) is 18.3 Å². The molecule has 0 bridgehead atoms. The van der Waals surface area contributed by atoms with E-state index in [-0.39, 0.29) is 0 Å².